The molecule has 0 saturated carbocycles. The zero-order chi connectivity index (χ0) is 27.8. The van der Waals surface area contributed by atoms with Crippen molar-refractivity contribution >= 4 is 12.2 Å². The van der Waals surface area contributed by atoms with Crippen LogP contribution in [0.1, 0.15) is 168 Å². The van der Waals surface area contributed by atoms with Crippen LogP contribution >= 0.6 is 0 Å². The van der Waals surface area contributed by atoms with Gasteiger partial charge in [-0.3, -0.25) is 0 Å². The molecule has 0 aromatic rings. The molecule has 226 valence electrons. The Balaban J connectivity index is 3.25. The van der Waals surface area contributed by atoms with Crippen molar-refractivity contribution in [1.82, 2.24) is 10.6 Å². The van der Waals surface area contributed by atoms with E-state index in [4.69, 9.17) is 9.47 Å². The minimum Gasteiger partial charge on any atom is -0.450 e. The fourth-order valence-corrected chi connectivity index (χ4v) is 4.60. The predicted molar refractivity (Wildman–Crippen MR) is 161 cm³/mol. The normalized spacial score (nSPS) is 10.9. The minimum absolute atomic E-state index is 0.298. The summed E-state index contributed by atoms with van der Waals surface area (Å²) in [5.74, 6) is 0. The Morgan fingerprint density at radius 3 is 0.974 bits per heavy atom. The van der Waals surface area contributed by atoms with Gasteiger partial charge in [-0.05, 0) is 25.7 Å². The summed E-state index contributed by atoms with van der Waals surface area (Å²) in [6, 6.07) is 0. The van der Waals surface area contributed by atoms with Crippen LogP contribution in [0.15, 0.2) is 0 Å². The summed E-state index contributed by atoms with van der Waals surface area (Å²) in [5.41, 5.74) is 0. The number of unbranched alkanes of at least 4 members (excludes halogenated alkanes) is 21. The van der Waals surface area contributed by atoms with E-state index >= 15 is 0 Å². The summed E-state index contributed by atoms with van der Waals surface area (Å²) in [4.78, 5) is 23.5. The molecule has 38 heavy (non-hydrogen) atoms. The molecule has 2 N–H and O–H groups in total. The molecule has 0 aliphatic rings. The summed E-state index contributed by atoms with van der Waals surface area (Å²) in [5, 5.41) is 5.66. The number of nitrogens with one attached hydrogen (secondary N) is 2. The summed E-state index contributed by atoms with van der Waals surface area (Å²) in [7, 11) is 0. The lowest BCUT2D eigenvalue weighted by Crippen LogP contribution is -2.26. The standard InChI is InChI=1S/C32H64N2O4/c1-3-5-7-9-11-13-15-17-21-25-29-37-31(35)33-27-23-19-20-24-28-34-32(36)38-30-26-22-18-16-14-12-10-8-6-4-2/h3-30H2,1-2H3,(H,33,35)(H,34,36). The Kier molecular flexibility index (Phi) is 30.5. The highest BCUT2D eigenvalue weighted by atomic mass is 16.6. The van der Waals surface area contributed by atoms with Crippen LogP contribution in [-0.2, 0) is 9.47 Å². The molecule has 0 radical (unpaired) electrons. The van der Waals surface area contributed by atoms with Gasteiger partial charge in [0.1, 0.15) is 0 Å². The van der Waals surface area contributed by atoms with Gasteiger partial charge in [-0.1, -0.05) is 142 Å². The molecular formula is C32H64N2O4. The first kappa shape index (κ1) is 36.5. The van der Waals surface area contributed by atoms with E-state index in [-0.39, 0.29) is 12.2 Å². The van der Waals surface area contributed by atoms with Gasteiger partial charge in [0.05, 0.1) is 13.2 Å². The van der Waals surface area contributed by atoms with Crippen molar-refractivity contribution in [3.8, 4) is 0 Å². The molecule has 0 aliphatic carbocycles. The first-order valence-electron chi connectivity index (χ1n) is 16.5. The van der Waals surface area contributed by atoms with Crippen LogP contribution in [0.5, 0.6) is 0 Å². The highest BCUT2D eigenvalue weighted by Gasteiger charge is 2.03. The molecule has 0 atom stereocenters. The van der Waals surface area contributed by atoms with Crippen LogP contribution in [0.3, 0.4) is 0 Å². The lowest BCUT2D eigenvalue weighted by Gasteiger charge is -2.08. The van der Waals surface area contributed by atoms with Crippen LogP contribution in [0.25, 0.3) is 0 Å². The summed E-state index contributed by atoms with van der Waals surface area (Å²) in [6.07, 6.45) is 28.9. The number of amides is 2. The van der Waals surface area contributed by atoms with Gasteiger partial charge >= 0.3 is 12.2 Å². The molecule has 0 aliphatic heterocycles. The Labute approximate surface area is 236 Å². The maximum absolute atomic E-state index is 11.7. The fourth-order valence-electron chi connectivity index (χ4n) is 4.60. The number of carbonyl (C=O) groups is 2. The third-order valence-corrected chi connectivity index (χ3v) is 7.10. The topological polar surface area (TPSA) is 76.7 Å². The Bertz CT molecular complexity index is 458. The first-order valence-corrected chi connectivity index (χ1v) is 16.5. The Hall–Kier alpha value is -1.46. The maximum atomic E-state index is 11.7. The zero-order valence-electron chi connectivity index (χ0n) is 25.4. The van der Waals surface area contributed by atoms with E-state index in [1.54, 1.807) is 0 Å². The third-order valence-electron chi connectivity index (χ3n) is 7.10. The van der Waals surface area contributed by atoms with E-state index < -0.39 is 0 Å². The van der Waals surface area contributed by atoms with Gasteiger partial charge in [0.2, 0.25) is 0 Å². The molecule has 6 heteroatoms. The average Bonchev–Trinajstić information content (AvgIpc) is 2.91. The van der Waals surface area contributed by atoms with E-state index in [0.29, 0.717) is 26.3 Å². The quantitative estimate of drug-likeness (QED) is 0.0925. The van der Waals surface area contributed by atoms with Gasteiger partial charge in [0, 0.05) is 13.1 Å². The molecule has 0 saturated heterocycles. The number of rotatable bonds is 29. The number of hydrogen-bond acceptors (Lipinski definition) is 4. The van der Waals surface area contributed by atoms with Crippen molar-refractivity contribution in [3.05, 3.63) is 0 Å². The summed E-state index contributed by atoms with van der Waals surface area (Å²) >= 11 is 0. The van der Waals surface area contributed by atoms with Gasteiger partial charge in [-0.15, -0.1) is 0 Å². The van der Waals surface area contributed by atoms with Crippen molar-refractivity contribution in [1.29, 1.82) is 0 Å². The van der Waals surface area contributed by atoms with E-state index in [1.807, 2.05) is 0 Å². The highest BCUT2D eigenvalue weighted by molar-refractivity contribution is 5.67. The van der Waals surface area contributed by atoms with Gasteiger partial charge in [-0.2, -0.15) is 0 Å². The molecule has 0 heterocycles. The minimum atomic E-state index is -0.298. The third kappa shape index (κ3) is 30.8. The number of hydrogen-bond donors (Lipinski definition) is 2. The molecule has 0 unspecified atom stereocenters. The number of carbonyl (C=O) groups excluding carboxylic acids is 2. The lowest BCUT2D eigenvalue weighted by molar-refractivity contribution is 0.142. The molecule has 2 amide bonds. The SMILES string of the molecule is CCCCCCCCCCCCOC(=O)NCCCCCCNC(=O)OCCCCCCCCCCCC. The van der Waals surface area contributed by atoms with Crippen LogP contribution in [-0.4, -0.2) is 38.5 Å². The molecular weight excluding hydrogens is 476 g/mol. The second-order valence-electron chi connectivity index (χ2n) is 10.9. The lowest BCUT2D eigenvalue weighted by atomic mass is 10.1. The van der Waals surface area contributed by atoms with E-state index in [9.17, 15) is 9.59 Å². The summed E-state index contributed by atoms with van der Waals surface area (Å²) in [6.45, 7) is 6.83. The maximum Gasteiger partial charge on any atom is 0.407 e. The number of alkyl carbamates (subject to hydrolysis) is 2. The van der Waals surface area contributed by atoms with Crippen molar-refractivity contribution in [2.75, 3.05) is 26.3 Å². The van der Waals surface area contributed by atoms with Crippen LogP contribution in [0.4, 0.5) is 9.59 Å². The van der Waals surface area contributed by atoms with E-state index in [0.717, 1.165) is 51.4 Å². The Morgan fingerprint density at radius 1 is 0.395 bits per heavy atom. The first-order chi connectivity index (χ1) is 18.7. The molecule has 0 aromatic heterocycles. The van der Waals surface area contributed by atoms with Gasteiger partial charge in [0.15, 0.2) is 0 Å². The van der Waals surface area contributed by atoms with Crippen molar-refractivity contribution in [2.24, 2.45) is 0 Å². The Morgan fingerprint density at radius 2 is 0.658 bits per heavy atom. The molecule has 0 fully saturated rings. The molecule has 6 nitrogen and oxygen atoms in total. The van der Waals surface area contributed by atoms with Crippen molar-refractivity contribution < 1.29 is 19.1 Å². The number of ether oxygens (including phenoxy) is 2. The van der Waals surface area contributed by atoms with Crippen LogP contribution in [0, 0.1) is 0 Å². The monoisotopic (exact) mass is 540 g/mol. The largest absolute Gasteiger partial charge is 0.450 e. The predicted octanol–water partition coefficient (Wildman–Crippen LogP) is 9.84. The fraction of sp³-hybridized carbons (Fsp3) is 0.938. The average molecular weight is 541 g/mol. The van der Waals surface area contributed by atoms with Gasteiger partial charge < -0.3 is 20.1 Å². The molecule has 0 bridgehead atoms. The van der Waals surface area contributed by atoms with Gasteiger partial charge in [0.25, 0.3) is 0 Å². The second-order valence-corrected chi connectivity index (χ2v) is 10.9. The van der Waals surface area contributed by atoms with Crippen LogP contribution in [0.2, 0.25) is 0 Å². The molecule has 0 aromatic carbocycles. The van der Waals surface area contributed by atoms with E-state index in [2.05, 4.69) is 24.5 Å². The smallest absolute Gasteiger partial charge is 0.407 e. The second kappa shape index (κ2) is 31.8. The van der Waals surface area contributed by atoms with Crippen molar-refractivity contribution in [2.45, 2.75) is 168 Å². The van der Waals surface area contributed by atoms with Crippen LogP contribution < -0.4 is 10.6 Å². The molecule has 0 spiro atoms. The van der Waals surface area contributed by atoms with Crippen molar-refractivity contribution in [3.63, 3.8) is 0 Å². The van der Waals surface area contributed by atoms with E-state index in [1.165, 1.54) is 103 Å². The zero-order valence-corrected chi connectivity index (χ0v) is 25.4. The van der Waals surface area contributed by atoms with Gasteiger partial charge in [-0.25, -0.2) is 9.59 Å². The highest BCUT2D eigenvalue weighted by Crippen LogP contribution is 2.11. The molecule has 0 rings (SSSR count). The summed E-state index contributed by atoms with van der Waals surface area (Å²) < 4.78 is 10.5.